The molecule has 3 aromatic carbocycles. The number of benzene rings is 3. The third-order valence-corrected chi connectivity index (χ3v) is 6.17. The first-order valence-electron chi connectivity index (χ1n) is 8.87. The molecule has 0 aliphatic carbocycles. The zero-order valence-corrected chi connectivity index (χ0v) is 18.5. The second kappa shape index (κ2) is 9.04. The summed E-state index contributed by atoms with van der Waals surface area (Å²) in [6.45, 7) is 1.47. The monoisotopic (exact) mass is 443 g/mol. The molecule has 148 valence electrons. The van der Waals surface area contributed by atoms with E-state index in [1.165, 1.54) is 18.7 Å². The lowest BCUT2D eigenvalue weighted by atomic mass is 9.96. The summed E-state index contributed by atoms with van der Waals surface area (Å²) in [5, 5.41) is 1.00. The Morgan fingerprint density at radius 3 is 2.17 bits per heavy atom. The number of rotatable bonds is 6. The van der Waals surface area contributed by atoms with Gasteiger partial charge in [-0.2, -0.15) is 0 Å². The molecule has 0 N–H and O–H groups in total. The molecule has 0 fully saturated rings. The van der Waals surface area contributed by atoms with E-state index in [1.54, 1.807) is 36.4 Å². The van der Waals surface area contributed by atoms with Gasteiger partial charge < -0.3 is 4.90 Å². The Kier molecular flexibility index (Phi) is 6.68. The molecule has 3 nitrogen and oxygen atoms in total. The zero-order chi connectivity index (χ0) is 21.1. The summed E-state index contributed by atoms with van der Waals surface area (Å²) in [7, 11) is 3.85. The second-order valence-electron chi connectivity index (χ2n) is 6.69. The van der Waals surface area contributed by atoms with Crippen LogP contribution in [0.2, 0.25) is 10.0 Å². The van der Waals surface area contributed by atoms with Gasteiger partial charge in [-0.1, -0.05) is 59.2 Å². The molecule has 0 spiro atoms. The number of carbonyl (C=O) groups is 2. The second-order valence-corrected chi connectivity index (χ2v) is 8.62. The molecule has 0 saturated carbocycles. The van der Waals surface area contributed by atoms with Crippen LogP contribution >= 0.6 is 35.0 Å². The number of Topliss-reactive ketones (excluding diaryl/α,β-unsaturated/α-hetero) is 1. The quantitative estimate of drug-likeness (QED) is 0.399. The predicted molar refractivity (Wildman–Crippen MR) is 121 cm³/mol. The van der Waals surface area contributed by atoms with Crippen LogP contribution in [-0.4, -0.2) is 25.7 Å². The van der Waals surface area contributed by atoms with Gasteiger partial charge in [0.2, 0.25) is 0 Å². The van der Waals surface area contributed by atoms with E-state index >= 15 is 0 Å². The molecular weight excluding hydrogens is 425 g/mol. The number of halogens is 2. The Labute approximate surface area is 184 Å². The number of ketones is 2. The Balaban J connectivity index is 1.99. The standard InChI is InChI=1S/C23H19Cl2NO2S/c1-14(27)17-6-4-5-7-18(17)23(28)15-8-11-22(21(12-15)26(2)3)29-16-9-10-19(24)20(25)13-16/h4-13H,1-3H3. The van der Waals surface area contributed by atoms with E-state index in [4.69, 9.17) is 23.2 Å². The van der Waals surface area contributed by atoms with E-state index in [0.717, 1.165) is 15.5 Å². The van der Waals surface area contributed by atoms with E-state index in [9.17, 15) is 9.59 Å². The van der Waals surface area contributed by atoms with E-state index < -0.39 is 0 Å². The molecule has 0 atom stereocenters. The van der Waals surface area contributed by atoms with Crippen molar-refractivity contribution in [3.63, 3.8) is 0 Å². The highest BCUT2D eigenvalue weighted by Crippen LogP contribution is 2.38. The maximum Gasteiger partial charge on any atom is 0.193 e. The molecule has 0 heterocycles. The van der Waals surface area contributed by atoms with Crippen molar-refractivity contribution in [2.24, 2.45) is 0 Å². The minimum Gasteiger partial charge on any atom is -0.377 e. The molecule has 0 aliphatic rings. The predicted octanol–water partition coefficient (Wildman–Crippen LogP) is 6.64. The van der Waals surface area contributed by atoms with E-state index in [1.807, 2.05) is 43.3 Å². The minimum absolute atomic E-state index is 0.131. The van der Waals surface area contributed by atoms with Gasteiger partial charge in [0, 0.05) is 40.6 Å². The van der Waals surface area contributed by atoms with Crippen molar-refractivity contribution < 1.29 is 9.59 Å². The molecule has 0 radical (unpaired) electrons. The van der Waals surface area contributed by atoms with E-state index in [-0.39, 0.29) is 11.6 Å². The summed E-state index contributed by atoms with van der Waals surface area (Å²) in [6.07, 6.45) is 0. The molecular formula is C23H19Cl2NO2S. The highest BCUT2D eigenvalue weighted by atomic mass is 35.5. The molecule has 0 aromatic heterocycles. The fraction of sp³-hybridized carbons (Fsp3) is 0.130. The summed E-state index contributed by atoms with van der Waals surface area (Å²) in [6, 6.07) is 17.9. The number of carbonyl (C=O) groups excluding carboxylic acids is 2. The first-order chi connectivity index (χ1) is 13.8. The van der Waals surface area contributed by atoms with Crippen LogP contribution in [0.5, 0.6) is 0 Å². The smallest absolute Gasteiger partial charge is 0.193 e. The highest BCUT2D eigenvalue weighted by molar-refractivity contribution is 7.99. The van der Waals surface area contributed by atoms with Gasteiger partial charge in [0.05, 0.1) is 15.7 Å². The van der Waals surface area contributed by atoms with Crippen molar-refractivity contribution in [2.45, 2.75) is 16.7 Å². The Morgan fingerprint density at radius 1 is 0.862 bits per heavy atom. The lowest BCUT2D eigenvalue weighted by Gasteiger charge is -2.18. The number of hydrogen-bond acceptors (Lipinski definition) is 4. The van der Waals surface area contributed by atoms with Gasteiger partial charge in [-0.15, -0.1) is 0 Å². The summed E-state index contributed by atoms with van der Waals surface area (Å²) >= 11 is 13.7. The maximum atomic E-state index is 13.1. The normalized spacial score (nSPS) is 10.7. The van der Waals surface area contributed by atoms with Crippen LogP contribution in [0.15, 0.2) is 70.5 Å². The third-order valence-electron chi connectivity index (χ3n) is 4.37. The Morgan fingerprint density at radius 2 is 1.55 bits per heavy atom. The van der Waals surface area contributed by atoms with Crippen LogP contribution in [-0.2, 0) is 0 Å². The van der Waals surface area contributed by atoms with Gasteiger partial charge in [-0.25, -0.2) is 0 Å². The molecule has 0 unspecified atom stereocenters. The van der Waals surface area contributed by atoms with Gasteiger partial charge in [0.1, 0.15) is 0 Å². The van der Waals surface area contributed by atoms with Crippen molar-refractivity contribution in [1.29, 1.82) is 0 Å². The van der Waals surface area contributed by atoms with Crippen LogP contribution in [0, 0.1) is 0 Å². The molecule has 3 aromatic rings. The highest BCUT2D eigenvalue weighted by Gasteiger charge is 2.18. The lowest BCUT2D eigenvalue weighted by molar-refractivity contribution is 0.0990. The van der Waals surface area contributed by atoms with Gasteiger partial charge >= 0.3 is 0 Å². The van der Waals surface area contributed by atoms with Crippen molar-refractivity contribution in [1.82, 2.24) is 0 Å². The van der Waals surface area contributed by atoms with Crippen molar-refractivity contribution in [3.05, 3.63) is 87.4 Å². The van der Waals surface area contributed by atoms with Crippen LogP contribution < -0.4 is 4.90 Å². The number of nitrogens with zero attached hydrogens (tertiary/aromatic N) is 1. The van der Waals surface area contributed by atoms with E-state index in [2.05, 4.69) is 0 Å². The maximum absolute atomic E-state index is 13.1. The van der Waals surface area contributed by atoms with Crippen LogP contribution in [0.4, 0.5) is 5.69 Å². The molecule has 6 heteroatoms. The largest absolute Gasteiger partial charge is 0.377 e. The average Bonchev–Trinajstić information content (AvgIpc) is 2.70. The Hall–Kier alpha value is -2.27. The summed E-state index contributed by atoms with van der Waals surface area (Å²) in [4.78, 5) is 28.9. The molecule has 0 aliphatic heterocycles. The Bertz CT molecular complexity index is 1100. The summed E-state index contributed by atoms with van der Waals surface area (Å²) < 4.78 is 0. The summed E-state index contributed by atoms with van der Waals surface area (Å²) in [5.74, 6) is -0.307. The zero-order valence-electron chi connectivity index (χ0n) is 16.2. The van der Waals surface area contributed by atoms with Crippen LogP contribution in [0.25, 0.3) is 0 Å². The average molecular weight is 444 g/mol. The topological polar surface area (TPSA) is 37.4 Å². The molecule has 0 amide bonds. The molecule has 3 rings (SSSR count). The molecule has 29 heavy (non-hydrogen) atoms. The fourth-order valence-electron chi connectivity index (χ4n) is 2.91. The van der Waals surface area contributed by atoms with Crippen molar-refractivity contribution in [2.75, 3.05) is 19.0 Å². The van der Waals surface area contributed by atoms with Gasteiger partial charge in [0.15, 0.2) is 11.6 Å². The van der Waals surface area contributed by atoms with Crippen molar-refractivity contribution >= 4 is 52.2 Å². The SMILES string of the molecule is CC(=O)c1ccccc1C(=O)c1ccc(Sc2ccc(Cl)c(Cl)c2)c(N(C)C)c1. The van der Waals surface area contributed by atoms with Crippen molar-refractivity contribution in [3.8, 4) is 0 Å². The van der Waals surface area contributed by atoms with Crippen LogP contribution in [0.3, 0.4) is 0 Å². The van der Waals surface area contributed by atoms with Gasteiger partial charge in [0.25, 0.3) is 0 Å². The fourth-order valence-corrected chi connectivity index (χ4v) is 4.32. The minimum atomic E-state index is -0.176. The van der Waals surface area contributed by atoms with Crippen LogP contribution in [0.1, 0.15) is 33.2 Å². The van der Waals surface area contributed by atoms with Gasteiger partial charge in [-0.3, -0.25) is 9.59 Å². The molecule has 0 saturated heterocycles. The molecule has 0 bridgehead atoms. The first-order valence-corrected chi connectivity index (χ1v) is 10.4. The lowest BCUT2D eigenvalue weighted by Crippen LogP contribution is -2.13. The first kappa shape index (κ1) is 21.4. The number of hydrogen-bond donors (Lipinski definition) is 0. The summed E-state index contributed by atoms with van der Waals surface area (Å²) in [5.41, 5.74) is 2.26. The third kappa shape index (κ3) is 4.84. The van der Waals surface area contributed by atoms with Gasteiger partial charge in [-0.05, 0) is 43.3 Å². The number of anilines is 1. The van der Waals surface area contributed by atoms with E-state index in [0.29, 0.717) is 26.7 Å².